The molecule has 0 aromatic heterocycles. The molecular weight excluding hydrogens is 468 g/mol. The van der Waals surface area contributed by atoms with Crippen molar-refractivity contribution in [3.63, 3.8) is 0 Å². The van der Waals surface area contributed by atoms with Crippen molar-refractivity contribution in [2.75, 3.05) is 13.2 Å². The molecule has 0 radical (unpaired) electrons. The van der Waals surface area contributed by atoms with Crippen molar-refractivity contribution in [1.82, 2.24) is 10.2 Å². The largest absolute Gasteiger partial charge is 0.494 e. The Morgan fingerprint density at radius 2 is 1.93 bits per heavy atom. The molecule has 0 aliphatic heterocycles. The van der Waals surface area contributed by atoms with Crippen LogP contribution in [-0.2, 0) is 16.1 Å². The van der Waals surface area contributed by atoms with Crippen molar-refractivity contribution in [2.24, 2.45) is 0 Å². The second-order valence-electron chi connectivity index (χ2n) is 7.02. The maximum atomic E-state index is 13.0. The molecule has 7 heteroatoms. The Balaban J connectivity index is 1.97. The molecule has 0 bridgehead atoms. The average molecular weight is 496 g/mol. The van der Waals surface area contributed by atoms with Crippen LogP contribution in [0.25, 0.3) is 0 Å². The molecule has 0 aliphatic rings. The van der Waals surface area contributed by atoms with E-state index in [1.807, 2.05) is 31.2 Å². The van der Waals surface area contributed by atoms with E-state index in [0.717, 1.165) is 16.5 Å². The molecule has 2 rings (SSSR count). The molecule has 30 heavy (non-hydrogen) atoms. The van der Waals surface area contributed by atoms with Gasteiger partial charge in [0.05, 0.1) is 6.61 Å². The first-order valence-electron chi connectivity index (χ1n) is 10.1. The molecule has 0 fully saturated rings. The van der Waals surface area contributed by atoms with Crippen LogP contribution in [-0.4, -0.2) is 35.9 Å². The van der Waals surface area contributed by atoms with Gasteiger partial charge in [-0.15, -0.1) is 0 Å². The number of benzene rings is 2. The highest BCUT2D eigenvalue weighted by molar-refractivity contribution is 9.10. The molecule has 1 N–H and O–H groups in total. The quantitative estimate of drug-likeness (QED) is 0.436. The Kier molecular flexibility index (Phi) is 10.2. The van der Waals surface area contributed by atoms with Gasteiger partial charge in [0.15, 0.2) is 0 Å². The lowest BCUT2D eigenvalue weighted by molar-refractivity contribution is -0.140. The Labute approximate surface area is 191 Å². The Morgan fingerprint density at radius 3 is 2.60 bits per heavy atom. The van der Waals surface area contributed by atoms with Crippen LogP contribution in [0.15, 0.2) is 53.0 Å². The van der Waals surface area contributed by atoms with Crippen LogP contribution in [0.2, 0.25) is 5.02 Å². The lowest BCUT2D eigenvalue weighted by Gasteiger charge is -2.29. The third-order valence-corrected chi connectivity index (χ3v) is 5.32. The molecule has 0 unspecified atom stereocenters. The van der Waals surface area contributed by atoms with Crippen LogP contribution in [0, 0.1) is 0 Å². The normalized spacial score (nSPS) is 11.6. The van der Waals surface area contributed by atoms with E-state index in [4.69, 9.17) is 16.3 Å². The van der Waals surface area contributed by atoms with Gasteiger partial charge in [0, 0.05) is 29.0 Å². The third kappa shape index (κ3) is 8.00. The second kappa shape index (κ2) is 12.6. The summed E-state index contributed by atoms with van der Waals surface area (Å²) in [6.45, 7) is 5.14. The Hall–Kier alpha value is -2.05. The number of hydrogen-bond acceptors (Lipinski definition) is 3. The van der Waals surface area contributed by atoms with E-state index in [1.165, 1.54) is 0 Å². The summed E-state index contributed by atoms with van der Waals surface area (Å²) in [7, 11) is 0. The molecule has 0 saturated carbocycles. The summed E-state index contributed by atoms with van der Waals surface area (Å²) >= 11 is 9.33. The number of ether oxygens (including phenoxy) is 1. The fourth-order valence-electron chi connectivity index (χ4n) is 2.90. The summed E-state index contributed by atoms with van der Waals surface area (Å²) in [5.74, 6) is 0.497. The summed E-state index contributed by atoms with van der Waals surface area (Å²) in [5.41, 5.74) is 0.963. The zero-order valence-corrected chi connectivity index (χ0v) is 19.7. The molecule has 5 nitrogen and oxygen atoms in total. The molecule has 0 heterocycles. The number of amides is 2. The maximum Gasteiger partial charge on any atom is 0.242 e. The van der Waals surface area contributed by atoms with Gasteiger partial charge in [-0.25, -0.2) is 0 Å². The first kappa shape index (κ1) is 24.2. The molecule has 0 saturated heterocycles. The van der Waals surface area contributed by atoms with Crippen molar-refractivity contribution in [1.29, 1.82) is 0 Å². The molecule has 162 valence electrons. The maximum absolute atomic E-state index is 13.0. The van der Waals surface area contributed by atoms with Crippen LogP contribution in [0.4, 0.5) is 0 Å². The van der Waals surface area contributed by atoms with Gasteiger partial charge in [-0.2, -0.15) is 0 Å². The molecule has 2 amide bonds. The highest BCUT2D eigenvalue weighted by atomic mass is 79.9. The van der Waals surface area contributed by atoms with Crippen molar-refractivity contribution >= 4 is 39.3 Å². The van der Waals surface area contributed by atoms with E-state index in [2.05, 4.69) is 21.2 Å². The van der Waals surface area contributed by atoms with E-state index >= 15 is 0 Å². The van der Waals surface area contributed by atoms with Crippen LogP contribution in [0.1, 0.15) is 38.7 Å². The second-order valence-corrected chi connectivity index (χ2v) is 8.38. The summed E-state index contributed by atoms with van der Waals surface area (Å²) in [6, 6.07) is 14.3. The van der Waals surface area contributed by atoms with Gasteiger partial charge < -0.3 is 15.0 Å². The fourth-order valence-corrected chi connectivity index (χ4v) is 3.47. The highest BCUT2D eigenvalue weighted by Crippen LogP contribution is 2.18. The predicted octanol–water partition coefficient (Wildman–Crippen LogP) is 5.21. The monoisotopic (exact) mass is 494 g/mol. The van der Waals surface area contributed by atoms with Gasteiger partial charge >= 0.3 is 0 Å². The van der Waals surface area contributed by atoms with E-state index < -0.39 is 6.04 Å². The molecule has 0 aliphatic carbocycles. The van der Waals surface area contributed by atoms with Crippen molar-refractivity contribution in [2.45, 2.75) is 45.7 Å². The zero-order valence-electron chi connectivity index (χ0n) is 17.4. The summed E-state index contributed by atoms with van der Waals surface area (Å²) in [6.07, 6.45) is 1.70. The summed E-state index contributed by atoms with van der Waals surface area (Å²) < 4.78 is 6.61. The third-order valence-electron chi connectivity index (χ3n) is 4.58. The minimum Gasteiger partial charge on any atom is -0.494 e. The van der Waals surface area contributed by atoms with E-state index in [9.17, 15) is 9.59 Å². The lowest BCUT2D eigenvalue weighted by atomic mass is 10.1. The van der Waals surface area contributed by atoms with Gasteiger partial charge in [0.1, 0.15) is 11.8 Å². The average Bonchev–Trinajstić information content (AvgIpc) is 2.74. The number of nitrogens with one attached hydrogen (secondary N) is 1. The van der Waals surface area contributed by atoms with Gasteiger partial charge in [-0.1, -0.05) is 46.6 Å². The highest BCUT2D eigenvalue weighted by Gasteiger charge is 2.25. The Bertz CT molecular complexity index is 829. The SMILES string of the molecule is CCCNC(=O)[C@@H](C)N(Cc1cccc(Br)c1)C(=O)CCCOc1ccc(Cl)cc1. The number of carbonyl (C=O) groups is 2. The van der Waals surface area contributed by atoms with Crippen molar-refractivity contribution in [3.8, 4) is 5.75 Å². The van der Waals surface area contributed by atoms with Gasteiger partial charge in [0.2, 0.25) is 11.8 Å². The van der Waals surface area contributed by atoms with Gasteiger partial charge in [0.25, 0.3) is 0 Å². The number of nitrogens with zero attached hydrogens (tertiary/aromatic N) is 1. The van der Waals surface area contributed by atoms with E-state index in [1.54, 1.807) is 36.1 Å². The standard InChI is InChI=1S/C23H28BrClN2O3/c1-3-13-26-23(29)17(2)27(16-18-6-4-7-19(24)15-18)22(28)8-5-14-30-21-11-9-20(25)10-12-21/h4,6-7,9-12,15,17H,3,5,8,13-14,16H2,1-2H3,(H,26,29)/t17-/m1/s1. The predicted molar refractivity (Wildman–Crippen MR) is 124 cm³/mol. The Morgan fingerprint density at radius 1 is 1.20 bits per heavy atom. The summed E-state index contributed by atoms with van der Waals surface area (Å²) in [4.78, 5) is 27.1. The number of carbonyl (C=O) groups excluding carboxylic acids is 2. The van der Waals surface area contributed by atoms with Crippen LogP contribution >= 0.6 is 27.5 Å². The zero-order chi connectivity index (χ0) is 21.9. The summed E-state index contributed by atoms with van der Waals surface area (Å²) in [5, 5.41) is 3.53. The molecule has 2 aromatic carbocycles. The molecular formula is C23H28BrClN2O3. The molecule has 2 aromatic rings. The van der Waals surface area contributed by atoms with Gasteiger partial charge in [-0.3, -0.25) is 9.59 Å². The smallest absolute Gasteiger partial charge is 0.242 e. The van der Waals surface area contributed by atoms with Gasteiger partial charge in [-0.05, 0) is 61.7 Å². The van der Waals surface area contributed by atoms with Crippen LogP contribution in [0.5, 0.6) is 5.75 Å². The fraction of sp³-hybridized carbons (Fsp3) is 0.391. The van der Waals surface area contributed by atoms with E-state index in [-0.39, 0.29) is 11.8 Å². The molecule has 1 atom stereocenters. The van der Waals surface area contributed by atoms with Crippen molar-refractivity contribution in [3.05, 3.63) is 63.6 Å². The minimum atomic E-state index is -0.555. The van der Waals surface area contributed by atoms with Crippen LogP contribution in [0.3, 0.4) is 0 Å². The minimum absolute atomic E-state index is 0.0752. The first-order valence-corrected chi connectivity index (χ1v) is 11.3. The lowest BCUT2D eigenvalue weighted by Crippen LogP contribution is -2.47. The van der Waals surface area contributed by atoms with Crippen molar-refractivity contribution < 1.29 is 14.3 Å². The van der Waals surface area contributed by atoms with E-state index in [0.29, 0.717) is 43.3 Å². The number of halogens is 2. The number of rotatable bonds is 11. The van der Waals surface area contributed by atoms with Crippen LogP contribution < -0.4 is 10.1 Å². The number of hydrogen-bond donors (Lipinski definition) is 1. The first-order chi connectivity index (χ1) is 14.4. The topological polar surface area (TPSA) is 58.6 Å². The molecule has 0 spiro atoms.